The molecule has 2 heterocycles. The Morgan fingerprint density at radius 1 is 1.19 bits per heavy atom. The van der Waals surface area contributed by atoms with E-state index in [1.54, 1.807) is 24.5 Å². The van der Waals surface area contributed by atoms with E-state index >= 15 is 0 Å². The summed E-state index contributed by atoms with van der Waals surface area (Å²) in [6.07, 6.45) is 4.71. The second-order valence-electron chi connectivity index (χ2n) is 7.00. The third-order valence-electron chi connectivity index (χ3n) is 4.21. The van der Waals surface area contributed by atoms with Gasteiger partial charge in [-0.05, 0) is 50.5 Å². The standard InChI is InChI=1S/C22H21ClF2N4O3/c1-29(2)10-11-31-21-19(15-4-3-9-26-13-15)12-16(14-27-21)20(30)28-17-5-7-18(8-6-17)32-22(23,24)25/h3-9,12-14H,10-11H2,1-2H3,(H,28,30). The third kappa shape index (κ3) is 6.86. The molecule has 0 unspecified atom stereocenters. The summed E-state index contributed by atoms with van der Waals surface area (Å²) in [6.45, 7) is 1.13. The molecule has 10 heteroatoms. The van der Waals surface area contributed by atoms with Gasteiger partial charge in [-0.3, -0.25) is 9.78 Å². The fourth-order valence-electron chi connectivity index (χ4n) is 2.69. The Morgan fingerprint density at radius 2 is 1.94 bits per heavy atom. The van der Waals surface area contributed by atoms with Gasteiger partial charge in [-0.25, -0.2) is 4.98 Å². The van der Waals surface area contributed by atoms with Gasteiger partial charge in [0, 0.05) is 53.6 Å². The Hall–Kier alpha value is -3.30. The Kier molecular flexibility index (Phi) is 7.55. The number of halogens is 3. The number of rotatable bonds is 9. The molecular weight excluding hydrogens is 442 g/mol. The van der Waals surface area contributed by atoms with Gasteiger partial charge >= 0.3 is 5.57 Å². The summed E-state index contributed by atoms with van der Waals surface area (Å²) in [4.78, 5) is 23.2. The lowest BCUT2D eigenvalue weighted by molar-refractivity contribution is -0.0964. The minimum Gasteiger partial charge on any atom is -0.476 e. The molecule has 3 aromatic rings. The van der Waals surface area contributed by atoms with Gasteiger partial charge in [0.15, 0.2) is 0 Å². The largest absolute Gasteiger partial charge is 0.487 e. The number of carbonyl (C=O) groups excluding carboxylic acids is 1. The third-order valence-corrected chi connectivity index (χ3v) is 4.29. The van der Waals surface area contributed by atoms with Crippen LogP contribution in [0.1, 0.15) is 10.4 Å². The number of ether oxygens (including phenoxy) is 2. The van der Waals surface area contributed by atoms with Crippen LogP contribution in [0.5, 0.6) is 11.6 Å². The van der Waals surface area contributed by atoms with E-state index in [0.717, 1.165) is 5.56 Å². The number of alkyl halides is 3. The fourth-order valence-corrected chi connectivity index (χ4v) is 2.78. The molecule has 2 aromatic heterocycles. The van der Waals surface area contributed by atoms with Crippen molar-refractivity contribution in [1.29, 1.82) is 0 Å². The van der Waals surface area contributed by atoms with E-state index in [2.05, 4.69) is 20.0 Å². The quantitative estimate of drug-likeness (QED) is 0.472. The van der Waals surface area contributed by atoms with Crippen LogP contribution in [0, 0.1) is 0 Å². The molecular formula is C22H21ClF2N4O3. The lowest BCUT2D eigenvalue weighted by Crippen LogP contribution is -2.20. The van der Waals surface area contributed by atoms with E-state index in [-0.39, 0.29) is 11.3 Å². The highest BCUT2D eigenvalue weighted by molar-refractivity contribution is 6.20. The molecule has 0 aliphatic heterocycles. The van der Waals surface area contributed by atoms with Crippen molar-refractivity contribution in [1.82, 2.24) is 14.9 Å². The van der Waals surface area contributed by atoms with Crippen LogP contribution >= 0.6 is 11.6 Å². The van der Waals surface area contributed by atoms with Crippen LogP contribution in [-0.4, -0.2) is 53.6 Å². The number of amides is 1. The maximum atomic E-state index is 12.7. The van der Waals surface area contributed by atoms with E-state index in [9.17, 15) is 13.6 Å². The lowest BCUT2D eigenvalue weighted by Gasteiger charge is -2.14. The van der Waals surface area contributed by atoms with Crippen molar-refractivity contribution >= 4 is 23.2 Å². The van der Waals surface area contributed by atoms with Crippen molar-refractivity contribution in [2.75, 3.05) is 32.6 Å². The molecule has 0 radical (unpaired) electrons. The maximum absolute atomic E-state index is 12.7. The van der Waals surface area contributed by atoms with E-state index in [1.165, 1.54) is 30.5 Å². The molecule has 0 spiro atoms. The summed E-state index contributed by atoms with van der Waals surface area (Å²) in [5.74, 6) is -0.179. The first-order valence-corrected chi connectivity index (χ1v) is 9.94. The number of anilines is 1. The predicted molar refractivity (Wildman–Crippen MR) is 117 cm³/mol. The van der Waals surface area contributed by atoms with E-state index < -0.39 is 11.5 Å². The van der Waals surface area contributed by atoms with Gasteiger partial charge < -0.3 is 19.7 Å². The second-order valence-corrected chi connectivity index (χ2v) is 7.44. The number of hydrogen-bond donors (Lipinski definition) is 1. The van der Waals surface area contributed by atoms with Crippen molar-refractivity contribution in [3.63, 3.8) is 0 Å². The number of likely N-dealkylation sites (N-methyl/N-ethyl adjacent to an activating group) is 1. The molecule has 1 N–H and O–H groups in total. The molecule has 0 bridgehead atoms. The van der Waals surface area contributed by atoms with Gasteiger partial charge in [0.1, 0.15) is 12.4 Å². The molecule has 0 aliphatic carbocycles. The highest BCUT2D eigenvalue weighted by atomic mass is 35.5. The van der Waals surface area contributed by atoms with Crippen molar-refractivity contribution in [3.05, 3.63) is 66.6 Å². The molecule has 0 saturated carbocycles. The summed E-state index contributed by atoms with van der Waals surface area (Å²) in [5.41, 5.74) is -1.77. The molecule has 0 atom stereocenters. The molecule has 1 amide bonds. The number of pyridine rings is 2. The van der Waals surface area contributed by atoms with Gasteiger partial charge in [0.05, 0.1) is 5.56 Å². The zero-order valence-corrected chi connectivity index (χ0v) is 18.1. The minimum atomic E-state index is -3.81. The van der Waals surface area contributed by atoms with Gasteiger partial charge in [-0.15, -0.1) is 8.78 Å². The first-order valence-electron chi connectivity index (χ1n) is 9.56. The van der Waals surface area contributed by atoms with Crippen molar-refractivity contribution < 1.29 is 23.0 Å². The predicted octanol–water partition coefficient (Wildman–Crippen LogP) is 4.50. The zero-order chi connectivity index (χ0) is 23.1. The van der Waals surface area contributed by atoms with Crippen molar-refractivity contribution in [3.8, 4) is 22.8 Å². The summed E-state index contributed by atoms with van der Waals surface area (Å²) in [5, 5.41) is 2.69. The molecule has 3 rings (SSSR count). The van der Waals surface area contributed by atoms with Crippen molar-refractivity contribution in [2.24, 2.45) is 0 Å². The zero-order valence-electron chi connectivity index (χ0n) is 17.4. The molecule has 168 valence electrons. The SMILES string of the molecule is CN(C)CCOc1ncc(C(=O)Nc2ccc(OC(F)(F)Cl)cc2)cc1-c1cccnc1. The summed E-state index contributed by atoms with van der Waals surface area (Å²) in [7, 11) is 3.87. The number of carbonyl (C=O) groups is 1. The van der Waals surface area contributed by atoms with Crippen LogP contribution in [0.2, 0.25) is 0 Å². The van der Waals surface area contributed by atoms with Gasteiger partial charge in [-0.2, -0.15) is 0 Å². The van der Waals surface area contributed by atoms with E-state index in [1.807, 2.05) is 25.1 Å². The smallest absolute Gasteiger partial charge is 0.476 e. The van der Waals surface area contributed by atoms with Crippen LogP contribution in [-0.2, 0) is 0 Å². The van der Waals surface area contributed by atoms with Gasteiger partial charge in [0.25, 0.3) is 5.91 Å². The summed E-state index contributed by atoms with van der Waals surface area (Å²) in [6, 6.07) is 10.7. The van der Waals surface area contributed by atoms with Crippen LogP contribution in [0.3, 0.4) is 0 Å². The first-order chi connectivity index (χ1) is 15.2. The average molecular weight is 463 g/mol. The fraction of sp³-hybridized carbons (Fsp3) is 0.227. The lowest BCUT2D eigenvalue weighted by atomic mass is 10.1. The van der Waals surface area contributed by atoms with Crippen LogP contribution in [0.25, 0.3) is 11.1 Å². The Morgan fingerprint density at radius 3 is 2.56 bits per heavy atom. The van der Waals surface area contributed by atoms with Crippen LogP contribution in [0.15, 0.2) is 61.1 Å². The summed E-state index contributed by atoms with van der Waals surface area (Å²) < 4.78 is 35.5. The molecule has 32 heavy (non-hydrogen) atoms. The normalized spacial score (nSPS) is 11.3. The highest BCUT2D eigenvalue weighted by Crippen LogP contribution is 2.29. The minimum absolute atomic E-state index is 0.136. The highest BCUT2D eigenvalue weighted by Gasteiger charge is 2.27. The van der Waals surface area contributed by atoms with Gasteiger partial charge in [-0.1, -0.05) is 6.07 Å². The van der Waals surface area contributed by atoms with Crippen LogP contribution < -0.4 is 14.8 Å². The molecule has 0 saturated heterocycles. The topological polar surface area (TPSA) is 76.6 Å². The second kappa shape index (κ2) is 10.3. The first kappa shape index (κ1) is 23.4. The number of nitrogens with zero attached hydrogens (tertiary/aromatic N) is 3. The Labute approximate surface area is 189 Å². The van der Waals surface area contributed by atoms with Gasteiger partial charge in [0.2, 0.25) is 5.88 Å². The Balaban J connectivity index is 1.79. The van der Waals surface area contributed by atoms with E-state index in [4.69, 9.17) is 16.3 Å². The molecule has 0 aliphatic rings. The maximum Gasteiger partial charge on any atom is 0.487 e. The molecule has 0 fully saturated rings. The number of hydrogen-bond acceptors (Lipinski definition) is 6. The number of nitrogens with one attached hydrogen (secondary N) is 1. The van der Waals surface area contributed by atoms with E-state index in [0.29, 0.717) is 30.3 Å². The number of benzene rings is 1. The average Bonchev–Trinajstić information content (AvgIpc) is 2.74. The van der Waals surface area contributed by atoms with Crippen molar-refractivity contribution in [2.45, 2.75) is 5.57 Å². The number of aromatic nitrogens is 2. The van der Waals surface area contributed by atoms with Crippen LogP contribution in [0.4, 0.5) is 14.5 Å². The monoisotopic (exact) mass is 462 g/mol. The molecule has 7 nitrogen and oxygen atoms in total. The summed E-state index contributed by atoms with van der Waals surface area (Å²) >= 11 is 4.75. The molecule has 1 aromatic carbocycles. The Bertz CT molecular complexity index is 1050.